The fourth-order valence-corrected chi connectivity index (χ4v) is 8.20. The Balaban J connectivity index is 1.02. The van der Waals surface area contributed by atoms with Gasteiger partial charge in [-0.1, -0.05) is 133 Å². The van der Waals surface area contributed by atoms with Crippen molar-refractivity contribution in [2.75, 3.05) is 4.90 Å². The van der Waals surface area contributed by atoms with Crippen LogP contribution in [0.15, 0.2) is 199 Å². The van der Waals surface area contributed by atoms with Crippen molar-refractivity contribution in [2.24, 2.45) is 0 Å². The quantitative estimate of drug-likeness (QED) is 0.169. The van der Waals surface area contributed by atoms with Crippen molar-refractivity contribution in [3.05, 3.63) is 194 Å². The number of benzene rings is 9. The Morgan fingerprint density at radius 3 is 1.69 bits per heavy atom. The largest absolute Gasteiger partial charge is 0.454 e. The third-order valence-corrected chi connectivity index (χ3v) is 10.8. The minimum atomic E-state index is 0.776. The number of para-hydroxylation sites is 1. The fourth-order valence-electron chi connectivity index (χ4n) is 8.20. The number of hydrogen-bond donors (Lipinski definition) is 0. The molecule has 54 heavy (non-hydrogen) atoms. The van der Waals surface area contributed by atoms with Gasteiger partial charge in [0.1, 0.15) is 16.9 Å². The highest BCUT2D eigenvalue weighted by Gasteiger charge is 2.18. The van der Waals surface area contributed by atoms with Crippen LogP contribution in [0.4, 0.5) is 17.2 Å². The maximum Gasteiger partial charge on any atom is 0.154 e. The summed E-state index contributed by atoms with van der Waals surface area (Å²) in [6.45, 7) is 0. The summed E-state index contributed by atoms with van der Waals surface area (Å²) >= 11 is 0. The molecule has 0 amide bonds. The zero-order valence-electron chi connectivity index (χ0n) is 29.3. The lowest BCUT2D eigenvalue weighted by molar-refractivity contribution is 0.668. The molecule has 2 aromatic heterocycles. The number of nitrogens with zero attached hydrogens (tertiary/aromatic N) is 2. The summed E-state index contributed by atoms with van der Waals surface area (Å²) in [7, 11) is 0. The van der Waals surface area contributed by atoms with E-state index in [2.05, 4.69) is 175 Å². The molecule has 0 bridgehead atoms. The van der Waals surface area contributed by atoms with Crippen molar-refractivity contribution in [1.29, 1.82) is 0 Å². The van der Waals surface area contributed by atoms with Crippen LogP contribution in [0.5, 0.6) is 0 Å². The lowest BCUT2D eigenvalue weighted by Gasteiger charge is -2.25. The number of rotatable bonds is 5. The van der Waals surface area contributed by atoms with E-state index < -0.39 is 0 Å². The van der Waals surface area contributed by atoms with Crippen LogP contribution in [0.1, 0.15) is 0 Å². The van der Waals surface area contributed by atoms with Gasteiger partial charge in [0.15, 0.2) is 5.58 Å². The maximum absolute atomic E-state index is 6.17. The lowest BCUT2D eigenvalue weighted by atomic mass is 9.93. The van der Waals surface area contributed by atoms with Crippen molar-refractivity contribution < 1.29 is 4.42 Å². The first-order chi connectivity index (χ1) is 26.7. The minimum Gasteiger partial charge on any atom is -0.454 e. The van der Waals surface area contributed by atoms with E-state index in [9.17, 15) is 0 Å². The van der Waals surface area contributed by atoms with Crippen molar-refractivity contribution in [3.8, 4) is 22.3 Å². The Hall–Kier alpha value is -7.23. The molecule has 11 rings (SSSR count). The molecule has 0 saturated carbocycles. The van der Waals surface area contributed by atoms with Crippen LogP contribution in [-0.4, -0.2) is 4.98 Å². The molecule has 9 aromatic carbocycles. The van der Waals surface area contributed by atoms with Crippen LogP contribution in [0.25, 0.3) is 87.4 Å². The second-order valence-electron chi connectivity index (χ2n) is 14.0. The first-order valence-electron chi connectivity index (χ1n) is 18.4. The van der Waals surface area contributed by atoms with E-state index >= 15 is 0 Å². The first kappa shape index (κ1) is 30.4. The molecule has 0 N–H and O–H groups in total. The van der Waals surface area contributed by atoms with E-state index in [4.69, 9.17) is 9.40 Å². The predicted octanol–water partition coefficient (Wildman–Crippen LogP) is 14.4. The lowest BCUT2D eigenvalue weighted by Crippen LogP contribution is -2.11. The Morgan fingerprint density at radius 2 is 0.907 bits per heavy atom. The number of aromatic nitrogens is 1. The van der Waals surface area contributed by atoms with Crippen LogP contribution >= 0.6 is 0 Å². The standard InChI is InChI=1S/C51H32N2O/c1-3-11-41-34(9-1)17-18-38-31-36(23-28-43(38)41)33-19-24-39(25-20-33)53(50-30-29-49-51(52-50)46-15-7-8-16-48(46)54-49)40-26-21-35(22-27-40)47-32-37-10-2-4-12-42(37)44-13-5-6-14-45(44)47/h1-32H. The highest BCUT2D eigenvalue weighted by molar-refractivity contribution is 6.14. The fraction of sp³-hybridized carbons (Fsp3) is 0. The van der Waals surface area contributed by atoms with E-state index in [0.717, 1.165) is 44.8 Å². The van der Waals surface area contributed by atoms with Gasteiger partial charge < -0.3 is 4.42 Å². The Kier molecular flexibility index (Phi) is 6.86. The minimum absolute atomic E-state index is 0.776. The zero-order valence-corrected chi connectivity index (χ0v) is 29.3. The van der Waals surface area contributed by atoms with Gasteiger partial charge in [-0.25, -0.2) is 4.98 Å². The van der Waals surface area contributed by atoms with Crippen LogP contribution in [0.2, 0.25) is 0 Å². The van der Waals surface area contributed by atoms with Crippen LogP contribution in [0, 0.1) is 0 Å². The van der Waals surface area contributed by atoms with Gasteiger partial charge in [0.25, 0.3) is 0 Å². The molecule has 0 aliphatic carbocycles. The van der Waals surface area contributed by atoms with Gasteiger partial charge in [0, 0.05) is 16.8 Å². The summed E-state index contributed by atoms with van der Waals surface area (Å²) in [5.41, 5.74) is 9.25. The average Bonchev–Trinajstić information content (AvgIpc) is 3.62. The first-order valence-corrected chi connectivity index (χ1v) is 18.4. The number of hydrogen-bond acceptors (Lipinski definition) is 3. The summed E-state index contributed by atoms with van der Waals surface area (Å²) in [4.78, 5) is 7.48. The zero-order chi connectivity index (χ0) is 35.6. The van der Waals surface area contributed by atoms with E-state index in [1.54, 1.807) is 0 Å². The molecule has 0 fully saturated rings. The predicted molar refractivity (Wildman–Crippen MR) is 227 cm³/mol. The van der Waals surface area contributed by atoms with Crippen molar-refractivity contribution in [1.82, 2.24) is 4.98 Å². The summed E-state index contributed by atoms with van der Waals surface area (Å²) < 4.78 is 6.17. The number of fused-ring (bicyclic) bond motifs is 9. The van der Waals surface area contributed by atoms with E-state index in [1.807, 2.05) is 24.3 Å². The van der Waals surface area contributed by atoms with Gasteiger partial charge in [-0.3, -0.25) is 4.90 Å². The average molecular weight is 689 g/mol. The summed E-state index contributed by atoms with van der Waals surface area (Å²) in [6, 6.07) is 69.4. The molecule has 252 valence electrons. The number of anilines is 3. The van der Waals surface area contributed by atoms with Crippen molar-refractivity contribution in [2.45, 2.75) is 0 Å². The van der Waals surface area contributed by atoms with Gasteiger partial charge in [0.2, 0.25) is 0 Å². The second kappa shape index (κ2) is 12.2. The molecular weight excluding hydrogens is 657 g/mol. The Labute approximate surface area is 312 Å². The molecule has 0 aliphatic rings. The molecule has 11 aromatic rings. The van der Waals surface area contributed by atoms with Gasteiger partial charge in [-0.15, -0.1) is 0 Å². The number of pyridine rings is 1. The summed E-state index contributed by atoms with van der Waals surface area (Å²) in [6.07, 6.45) is 0. The molecule has 0 aliphatic heterocycles. The van der Waals surface area contributed by atoms with Gasteiger partial charge in [-0.2, -0.15) is 0 Å². The molecule has 2 heterocycles. The van der Waals surface area contributed by atoms with Crippen LogP contribution < -0.4 is 4.90 Å². The van der Waals surface area contributed by atoms with Gasteiger partial charge in [0.05, 0.1) is 0 Å². The van der Waals surface area contributed by atoms with E-state index in [-0.39, 0.29) is 0 Å². The second-order valence-corrected chi connectivity index (χ2v) is 14.0. The van der Waals surface area contributed by atoms with Gasteiger partial charge in [-0.05, 0) is 126 Å². The molecule has 0 saturated heterocycles. The summed E-state index contributed by atoms with van der Waals surface area (Å²) in [5.74, 6) is 0.822. The van der Waals surface area contributed by atoms with Crippen LogP contribution in [0.3, 0.4) is 0 Å². The normalized spacial score (nSPS) is 11.7. The molecule has 3 nitrogen and oxygen atoms in total. The van der Waals surface area contributed by atoms with Gasteiger partial charge >= 0.3 is 0 Å². The Morgan fingerprint density at radius 1 is 0.352 bits per heavy atom. The Bertz CT molecular complexity index is 3210. The molecular formula is C51H32N2O. The van der Waals surface area contributed by atoms with E-state index in [1.165, 1.54) is 59.8 Å². The maximum atomic E-state index is 6.17. The number of furan rings is 1. The summed E-state index contributed by atoms with van der Waals surface area (Å²) in [5, 5.41) is 11.1. The topological polar surface area (TPSA) is 29.3 Å². The smallest absolute Gasteiger partial charge is 0.154 e. The molecule has 0 spiro atoms. The molecule has 0 radical (unpaired) electrons. The monoisotopic (exact) mass is 688 g/mol. The third kappa shape index (κ3) is 4.94. The van der Waals surface area contributed by atoms with E-state index in [0.29, 0.717) is 0 Å². The van der Waals surface area contributed by atoms with Crippen LogP contribution in [-0.2, 0) is 0 Å². The third-order valence-electron chi connectivity index (χ3n) is 10.8. The highest BCUT2D eigenvalue weighted by Crippen LogP contribution is 2.40. The van der Waals surface area contributed by atoms with Crippen molar-refractivity contribution >= 4 is 82.4 Å². The molecule has 3 heteroatoms. The van der Waals surface area contributed by atoms with Crippen molar-refractivity contribution in [3.63, 3.8) is 0 Å². The molecule has 0 atom stereocenters. The molecule has 0 unspecified atom stereocenters. The SMILES string of the molecule is c1ccc2c(c1)ccc1cc(-c3ccc(N(c4ccc(-c5cc6ccccc6c6ccccc56)cc4)c4ccc5oc6ccccc6c5n4)cc3)ccc12. The highest BCUT2D eigenvalue weighted by atomic mass is 16.3.